The number of carbonyl (C=O) groups is 2. The van der Waals surface area contributed by atoms with Crippen LogP contribution >= 0.6 is 0 Å². The zero-order valence-electron chi connectivity index (χ0n) is 36.1. The van der Waals surface area contributed by atoms with E-state index >= 15 is 0 Å². The van der Waals surface area contributed by atoms with Crippen LogP contribution in [0.4, 0.5) is 0 Å². The summed E-state index contributed by atoms with van der Waals surface area (Å²) in [7, 11) is 0. The van der Waals surface area contributed by atoms with E-state index in [0.717, 1.165) is 32.5 Å². The summed E-state index contributed by atoms with van der Waals surface area (Å²) >= 11 is 0. The number of rotatable bonds is 19. The molecule has 0 atom stereocenters. The SMILES string of the molecule is CCCCN(CCCNC(=O)c1ccc(-n2c(-c3cc(C(C)C)c(O)cc3O)n[nH]c2=O)cc1)CCCNC(=O)c1ccc(-n2c(-c3cc(C(C)C)c(O)cc3O)n[nH]c2=O)cc1. The first-order valence-corrected chi connectivity index (χ1v) is 21.1. The lowest BCUT2D eigenvalue weighted by Gasteiger charge is -2.22. The van der Waals surface area contributed by atoms with Gasteiger partial charge in [0.05, 0.1) is 22.5 Å². The van der Waals surface area contributed by atoms with Gasteiger partial charge < -0.3 is 36.0 Å². The van der Waals surface area contributed by atoms with Crippen molar-refractivity contribution in [3.63, 3.8) is 0 Å². The van der Waals surface area contributed by atoms with E-state index in [2.05, 4.69) is 42.9 Å². The predicted octanol–water partition coefficient (Wildman–Crippen LogP) is 5.88. The van der Waals surface area contributed by atoms with Crippen molar-refractivity contribution in [3.05, 3.63) is 116 Å². The van der Waals surface area contributed by atoms with E-state index < -0.39 is 11.4 Å². The van der Waals surface area contributed by atoms with Crippen molar-refractivity contribution < 1.29 is 30.0 Å². The van der Waals surface area contributed by atoms with Crippen molar-refractivity contribution in [2.75, 3.05) is 32.7 Å². The molecule has 0 radical (unpaired) electrons. The Labute approximate surface area is 364 Å². The van der Waals surface area contributed by atoms with E-state index in [1.807, 2.05) is 27.7 Å². The third kappa shape index (κ3) is 10.5. The average Bonchev–Trinajstić information content (AvgIpc) is 3.83. The summed E-state index contributed by atoms with van der Waals surface area (Å²) in [5.74, 6) is -0.852. The van der Waals surface area contributed by atoms with Gasteiger partial charge >= 0.3 is 11.4 Å². The Bertz CT molecular complexity index is 2480. The van der Waals surface area contributed by atoms with Crippen LogP contribution in [0.15, 0.2) is 82.4 Å². The molecule has 2 heterocycles. The second-order valence-corrected chi connectivity index (χ2v) is 16.0. The summed E-state index contributed by atoms with van der Waals surface area (Å²) in [4.78, 5) is 54.1. The van der Waals surface area contributed by atoms with Crippen molar-refractivity contribution in [2.24, 2.45) is 0 Å². The minimum absolute atomic E-state index is 0.0448. The second-order valence-electron chi connectivity index (χ2n) is 16.0. The molecule has 2 amide bonds. The molecule has 0 aliphatic carbocycles. The number of amides is 2. The zero-order chi connectivity index (χ0) is 45.4. The van der Waals surface area contributed by atoms with E-state index in [1.54, 1.807) is 60.7 Å². The Morgan fingerprint density at radius 1 is 0.603 bits per heavy atom. The fourth-order valence-corrected chi connectivity index (χ4v) is 7.36. The standard InChI is InChI=1S/C46H55N9O8/c1-6-7-20-53(21-8-18-47-43(60)29-10-14-31(15-11-29)54-41(49-51-45(54)62)35-23-33(27(2)3)37(56)25-39(35)58)22-9-19-48-44(61)30-12-16-32(17-13-30)55-42(50-52-46(55)63)36-24-34(28(4)5)38(57)26-40(36)59/h10-17,23-28,56-59H,6-9,18-22H2,1-5H3,(H,47,60)(H,48,61)(H,51,62)(H,52,63). The molecule has 0 bridgehead atoms. The molecule has 0 spiro atoms. The highest BCUT2D eigenvalue weighted by Gasteiger charge is 2.22. The van der Waals surface area contributed by atoms with E-state index in [1.165, 1.54) is 21.3 Å². The van der Waals surface area contributed by atoms with Crippen LogP contribution in [0, 0.1) is 0 Å². The normalized spacial score (nSPS) is 11.5. The van der Waals surface area contributed by atoms with E-state index in [9.17, 15) is 39.6 Å². The van der Waals surface area contributed by atoms with Crippen molar-refractivity contribution in [3.8, 4) is 57.1 Å². The minimum Gasteiger partial charge on any atom is -0.508 e. The molecule has 17 nitrogen and oxygen atoms in total. The molecular formula is C46H55N9O8. The Kier molecular flexibility index (Phi) is 14.5. The topological polar surface area (TPSA) is 244 Å². The molecule has 63 heavy (non-hydrogen) atoms. The lowest BCUT2D eigenvalue weighted by atomic mass is 9.98. The van der Waals surface area contributed by atoms with Gasteiger partial charge in [0, 0.05) is 36.3 Å². The third-order valence-electron chi connectivity index (χ3n) is 10.8. The monoisotopic (exact) mass is 861 g/mol. The van der Waals surface area contributed by atoms with Crippen LogP contribution in [0.2, 0.25) is 0 Å². The van der Waals surface area contributed by atoms with Crippen LogP contribution < -0.4 is 22.0 Å². The van der Waals surface area contributed by atoms with Gasteiger partial charge in [-0.25, -0.2) is 28.9 Å². The number of unbranched alkanes of at least 4 members (excludes halogenated alkanes) is 1. The number of benzene rings is 4. The molecule has 6 aromatic rings. The number of phenolic OH excluding ortho intramolecular Hbond substituents is 4. The Hall–Kier alpha value is -7.14. The maximum atomic E-state index is 13.1. The van der Waals surface area contributed by atoms with Crippen molar-refractivity contribution in [2.45, 2.75) is 72.1 Å². The van der Waals surface area contributed by atoms with Gasteiger partial charge in [-0.3, -0.25) is 9.59 Å². The minimum atomic E-state index is -0.529. The number of hydrogen-bond acceptors (Lipinski definition) is 11. The first-order valence-electron chi connectivity index (χ1n) is 21.1. The lowest BCUT2D eigenvalue weighted by molar-refractivity contribution is 0.0945. The molecule has 2 aromatic heterocycles. The lowest BCUT2D eigenvalue weighted by Crippen LogP contribution is -2.33. The summed E-state index contributed by atoms with van der Waals surface area (Å²) in [6.07, 6.45) is 3.46. The van der Waals surface area contributed by atoms with Gasteiger partial charge in [0.25, 0.3) is 11.8 Å². The highest BCUT2D eigenvalue weighted by molar-refractivity contribution is 5.95. The molecular weight excluding hydrogens is 807 g/mol. The number of aromatic amines is 2. The molecule has 0 saturated carbocycles. The molecule has 6 rings (SSSR count). The summed E-state index contributed by atoms with van der Waals surface area (Å²) in [6.45, 7) is 13.0. The fourth-order valence-electron chi connectivity index (χ4n) is 7.36. The summed E-state index contributed by atoms with van der Waals surface area (Å²) in [5.41, 5.74) is 2.37. The number of aromatic nitrogens is 6. The third-order valence-corrected chi connectivity index (χ3v) is 10.8. The van der Waals surface area contributed by atoms with Crippen molar-refractivity contribution >= 4 is 11.8 Å². The largest absolute Gasteiger partial charge is 0.508 e. The van der Waals surface area contributed by atoms with E-state index in [0.29, 0.717) is 59.6 Å². The van der Waals surface area contributed by atoms with Crippen LogP contribution in [0.25, 0.3) is 34.2 Å². The molecule has 8 N–H and O–H groups in total. The molecule has 4 aromatic carbocycles. The zero-order valence-corrected chi connectivity index (χ0v) is 36.1. The first kappa shape index (κ1) is 45.4. The summed E-state index contributed by atoms with van der Waals surface area (Å²) in [6, 6.07) is 18.7. The van der Waals surface area contributed by atoms with Crippen LogP contribution in [0.1, 0.15) is 104 Å². The van der Waals surface area contributed by atoms with Crippen LogP contribution in [-0.2, 0) is 0 Å². The van der Waals surface area contributed by atoms with E-state index in [-0.39, 0.29) is 69.4 Å². The molecule has 0 fully saturated rings. The maximum Gasteiger partial charge on any atom is 0.348 e. The molecule has 17 heteroatoms. The van der Waals surface area contributed by atoms with Crippen LogP contribution in [0.3, 0.4) is 0 Å². The number of H-pyrrole nitrogens is 2. The Morgan fingerprint density at radius 3 is 1.35 bits per heavy atom. The van der Waals surface area contributed by atoms with Gasteiger partial charge in [-0.1, -0.05) is 41.0 Å². The van der Waals surface area contributed by atoms with Gasteiger partial charge in [0.15, 0.2) is 11.6 Å². The number of hydrogen-bond donors (Lipinski definition) is 8. The Balaban J connectivity index is 0.984. The van der Waals surface area contributed by atoms with Crippen molar-refractivity contribution in [1.29, 1.82) is 0 Å². The van der Waals surface area contributed by atoms with Crippen LogP contribution in [0.5, 0.6) is 23.0 Å². The number of phenols is 4. The van der Waals surface area contributed by atoms with Gasteiger partial charge in [0.1, 0.15) is 23.0 Å². The van der Waals surface area contributed by atoms with Gasteiger partial charge in [-0.2, -0.15) is 10.2 Å². The van der Waals surface area contributed by atoms with Crippen molar-refractivity contribution in [1.82, 2.24) is 45.1 Å². The first-order chi connectivity index (χ1) is 30.2. The van der Waals surface area contributed by atoms with E-state index in [4.69, 9.17) is 0 Å². The quantitative estimate of drug-likeness (QED) is 0.0447. The molecule has 0 aliphatic heterocycles. The van der Waals surface area contributed by atoms with Gasteiger partial charge in [-0.05, 0) is 123 Å². The molecule has 0 unspecified atom stereocenters. The molecule has 0 aliphatic rings. The fraction of sp³-hybridized carbons (Fsp3) is 0.348. The Morgan fingerprint density at radius 2 is 0.984 bits per heavy atom. The molecule has 332 valence electrons. The maximum absolute atomic E-state index is 13.1. The number of carbonyl (C=O) groups excluding carboxylic acids is 2. The predicted molar refractivity (Wildman–Crippen MR) is 239 cm³/mol. The molecule has 0 saturated heterocycles. The van der Waals surface area contributed by atoms with Gasteiger partial charge in [-0.15, -0.1) is 0 Å². The van der Waals surface area contributed by atoms with Crippen LogP contribution in [-0.4, -0.2) is 99.4 Å². The number of aromatic hydroxyl groups is 4. The summed E-state index contributed by atoms with van der Waals surface area (Å²) < 4.78 is 2.59. The average molecular weight is 862 g/mol. The number of nitrogens with one attached hydrogen (secondary N) is 4. The smallest absolute Gasteiger partial charge is 0.348 e. The second kappa shape index (κ2) is 20.2. The van der Waals surface area contributed by atoms with Gasteiger partial charge in [0.2, 0.25) is 0 Å². The highest BCUT2D eigenvalue weighted by Crippen LogP contribution is 2.38. The highest BCUT2D eigenvalue weighted by atomic mass is 16.3. The summed E-state index contributed by atoms with van der Waals surface area (Å²) in [5, 5.41) is 60.9. The number of nitrogens with zero attached hydrogens (tertiary/aromatic N) is 5.